The van der Waals surface area contributed by atoms with E-state index >= 15 is 0 Å². The molecule has 0 aliphatic heterocycles. The first kappa shape index (κ1) is 11.2. The fraction of sp³-hybridized carbons (Fsp3) is 0.0556. The molecular weight excluding hydrogens is 246 g/mol. The van der Waals surface area contributed by atoms with Gasteiger partial charge in [0.25, 0.3) is 5.56 Å². The number of aromatic nitrogens is 1. The highest BCUT2D eigenvalue weighted by Gasteiger charge is 2.21. The highest BCUT2D eigenvalue weighted by molar-refractivity contribution is 5.79. The van der Waals surface area contributed by atoms with Gasteiger partial charge >= 0.3 is 0 Å². The highest BCUT2D eigenvalue weighted by Crippen LogP contribution is 2.38. The maximum atomic E-state index is 12.1. The molecule has 0 unspecified atom stereocenters. The monoisotopic (exact) mass is 259 g/mol. The van der Waals surface area contributed by atoms with E-state index in [-0.39, 0.29) is 5.56 Å². The third-order valence-electron chi connectivity index (χ3n) is 3.91. The third kappa shape index (κ3) is 1.55. The topological polar surface area (TPSA) is 22.0 Å². The van der Waals surface area contributed by atoms with Gasteiger partial charge in [-0.15, -0.1) is 0 Å². The molecule has 2 heteroatoms. The quantitative estimate of drug-likeness (QED) is 0.513. The van der Waals surface area contributed by atoms with Crippen molar-refractivity contribution in [3.63, 3.8) is 0 Å². The summed E-state index contributed by atoms with van der Waals surface area (Å²) in [6.45, 7) is 0. The van der Waals surface area contributed by atoms with Gasteiger partial charge in [-0.1, -0.05) is 42.5 Å². The lowest BCUT2D eigenvalue weighted by atomic mass is 10.0. The minimum Gasteiger partial charge on any atom is -0.284 e. The van der Waals surface area contributed by atoms with Crippen molar-refractivity contribution in [1.29, 1.82) is 0 Å². The summed E-state index contributed by atoms with van der Waals surface area (Å²) >= 11 is 0. The van der Waals surface area contributed by atoms with Crippen LogP contribution in [0.5, 0.6) is 0 Å². The first-order chi connectivity index (χ1) is 9.84. The predicted molar refractivity (Wildman–Crippen MR) is 80.3 cm³/mol. The first-order valence-electron chi connectivity index (χ1n) is 6.73. The van der Waals surface area contributed by atoms with Crippen LogP contribution < -0.4 is 5.56 Å². The van der Waals surface area contributed by atoms with Gasteiger partial charge in [0.05, 0.1) is 5.69 Å². The molecule has 2 aromatic carbocycles. The van der Waals surface area contributed by atoms with Crippen LogP contribution in [0.3, 0.4) is 0 Å². The normalized spacial score (nSPS) is 12.0. The lowest BCUT2D eigenvalue weighted by molar-refractivity contribution is 0.971. The van der Waals surface area contributed by atoms with Gasteiger partial charge < -0.3 is 0 Å². The molecule has 2 nitrogen and oxygen atoms in total. The molecule has 1 aromatic heterocycles. The minimum absolute atomic E-state index is 0.0110. The number of benzene rings is 2. The van der Waals surface area contributed by atoms with Crippen molar-refractivity contribution in [2.24, 2.45) is 0 Å². The zero-order chi connectivity index (χ0) is 13.5. The molecular formula is C18H13NO. The fourth-order valence-corrected chi connectivity index (χ4v) is 2.99. The summed E-state index contributed by atoms with van der Waals surface area (Å²) in [4.78, 5) is 12.1. The second-order valence-electron chi connectivity index (χ2n) is 5.05. The Hall–Kier alpha value is -2.61. The lowest BCUT2D eigenvalue weighted by Crippen LogP contribution is -2.16. The van der Waals surface area contributed by atoms with E-state index in [2.05, 4.69) is 30.3 Å². The van der Waals surface area contributed by atoms with Crippen LogP contribution in [0.2, 0.25) is 0 Å². The van der Waals surface area contributed by atoms with E-state index in [4.69, 9.17) is 0 Å². The summed E-state index contributed by atoms with van der Waals surface area (Å²) in [6.07, 6.45) is 2.73. The summed E-state index contributed by atoms with van der Waals surface area (Å²) in [7, 11) is 0. The molecule has 1 aliphatic carbocycles. The fourth-order valence-electron chi connectivity index (χ4n) is 2.99. The van der Waals surface area contributed by atoms with Crippen LogP contribution in [0.15, 0.2) is 71.7 Å². The van der Waals surface area contributed by atoms with Gasteiger partial charge in [0, 0.05) is 18.7 Å². The molecule has 0 saturated heterocycles. The summed E-state index contributed by atoms with van der Waals surface area (Å²) in [6, 6.07) is 19.9. The van der Waals surface area contributed by atoms with E-state index in [1.807, 2.05) is 24.4 Å². The number of fused-ring (bicyclic) bond motifs is 3. The average molecular weight is 259 g/mol. The first-order valence-corrected chi connectivity index (χ1v) is 6.73. The molecule has 1 heterocycles. The van der Waals surface area contributed by atoms with E-state index in [0.717, 1.165) is 12.1 Å². The molecule has 0 atom stereocenters. The molecule has 3 aromatic rings. The van der Waals surface area contributed by atoms with E-state index < -0.39 is 0 Å². The molecule has 0 saturated carbocycles. The molecule has 0 radical (unpaired) electrons. The SMILES string of the molecule is O=c1ccccn1-c1cccc2c1Cc1ccccc1-2. The smallest absolute Gasteiger partial charge is 0.255 e. The number of rotatable bonds is 1. The average Bonchev–Trinajstić information content (AvgIpc) is 2.86. The minimum atomic E-state index is 0.0110. The molecule has 4 rings (SSSR count). The van der Waals surface area contributed by atoms with Crippen molar-refractivity contribution in [2.45, 2.75) is 6.42 Å². The van der Waals surface area contributed by atoms with Crippen molar-refractivity contribution in [3.8, 4) is 16.8 Å². The second-order valence-corrected chi connectivity index (χ2v) is 5.05. The van der Waals surface area contributed by atoms with E-state index in [1.54, 1.807) is 16.7 Å². The lowest BCUT2D eigenvalue weighted by Gasteiger charge is -2.10. The van der Waals surface area contributed by atoms with Crippen LogP contribution in [0.25, 0.3) is 16.8 Å². The van der Waals surface area contributed by atoms with Crippen molar-refractivity contribution in [1.82, 2.24) is 4.57 Å². The van der Waals surface area contributed by atoms with Crippen molar-refractivity contribution in [3.05, 3.63) is 88.3 Å². The molecule has 0 amide bonds. The summed E-state index contributed by atoms with van der Waals surface area (Å²) in [5.74, 6) is 0. The van der Waals surface area contributed by atoms with Gasteiger partial charge in [-0.05, 0) is 34.4 Å². The Balaban J connectivity index is 1.99. The van der Waals surface area contributed by atoms with E-state index in [0.29, 0.717) is 0 Å². The largest absolute Gasteiger partial charge is 0.284 e. The number of nitrogens with zero attached hydrogens (tertiary/aromatic N) is 1. The Kier molecular flexibility index (Phi) is 2.36. The summed E-state index contributed by atoms with van der Waals surface area (Å²) < 4.78 is 1.73. The number of pyridine rings is 1. The Bertz CT molecular complexity index is 861. The van der Waals surface area contributed by atoms with Crippen molar-refractivity contribution in [2.75, 3.05) is 0 Å². The zero-order valence-corrected chi connectivity index (χ0v) is 10.9. The summed E-state index contributed by atoms with van der Waals surface area (Å²) in [5, 5.41) is 0. The van der Waals surface area contributed by atoms with Gasteiger partial charge in [-0.2, -0.15) is 0 Å². The Morgan fingerprint density at radius 3 is 2.50 bits per heavy atom. The molecule has 20 heavy (non-hydrogen) atoms. The van der Waals surface area contributed by atoms with Crippen LogP contribution in [0.1, 0.15) is 11.1 Å². The van der Waals surface area contributed by atoms with Crippen LogP contribution in [-0.2, 0) is 6.42 Å². The van der Waals surface area contributed by atoms with Crippen molar-refractivity contribution >= 4 is 0 Å². The Labute approximate surface area is 116 Å². The maximum Gasteiger partial charge on any atom is 0.255 e. The number of hydrogen-bond acceptors (Lipinski definition) is 1. The zero-order valence-electron chi connectivity index (χ0n) is 10.9. The van der Waals surface area contributed by atoms with E-state index in [9.17, 15) is 4.79 Å². The second kappa shape index (κ2) is 4.20. The molecule has 0 fully saturated rings. The van der Waals surface area contributed by atoms with Crippen LogP contribution in [0.4, 0.5) is 0 Å². The van der Waals surface area contributed by atoms with Crippen LogP contribution in [-0.4, -0.2) is 4.57 Å². The Morgan fingerprint density at radius 2 is 1.60 bits per heavy atom. The van der Waals surface area contributed by atoms with Crippen molar-refractivity contribution < 1.29 is 0 Å². The van der Waals surface area contributed by atoms with Crippen LogP contribution >= 0.6 is 0 Å². The van der Waals surface area contributed by atoms with Gasteiger partial charge in [0.2, 0.25) is 0 Å². The maximum absolute atomic E-state index is 12.1. The standard InChI is InChI=1S/C18H13NO/c20-18-10-3-4-11-19(18)17-9-5-8-15-14-7-2-1-6-13(14)12-16(15)17/h1-11H,12H2. The Morgan fingerprint density at radius 1 is 0.800 bits per heavy atom. The van der Waals surface area contributed by atoms with Gasteiger partial charge in [-0.3, -0.25) is 9.36 Å². The molecule has 96 valence electrons. The van der Waals surface area contributed by atoms with Gasteiger partial charge in [0.15, 0.2) is 0 Å². The van der Waals surface area contributed by atoms with Gasteiger partial charge in [0.1, 0.15) is 0 Å². The summed E-state index contributed by atoms with van der Waals surface area (Å²) in [5.41, 5.74) is 6.10. The molecule has 1 aliphatic rings. The van der Waals surface area contributed by atoms with E-state index in [1.165, 1.54) is 22.3 Å². The molecule has 0 spiro atoms. The van der Waals surface area contributed by atoms with Gasteiger partial charge in [-0.25, -0.2) is 0 Å². The molecule has 0 bridgehead atoms. The van der Waals surface area contributed by atoms with Crippen LogP contribution in [0, 0.1) is 0 Å². The predicted octanol–water partition coefficient (Wildman–Crippen LogP) is 3.41. The molecule has 0 N–H and O–H groups in total. The third-order valence-corrected chi connectivity index (χ3v) is 3.91. The number of hydrogen-bond donors (Lipinski definition) is 0. The highest BCUT2D eigenvalue weighted by atomic mass is 16.1.